The monoisotopic (exact) mass is 330 g/mol. The van der Waals surface area contributed by atoms with Crippen molar-refractivity contribution in [1.82, 2.24) is 0 Å². The molecule has 0 aromatic heterocycles. The van der Waals surface area contributed by atoms with Gasteiger partial charge in [0.1, 0.15) is 0 Å². The zero-order valence-electron chi connectivity index (χ0n) is 14.3. The van der Waals surface area contributed by atoms with Crippen molar-refractivity contribution in [2.75, 3.05) is 38.5 Å². The average molecular weight is 330 g/mol. The van der Waals surface area contributed by atoms with E-state index in [1.165, 1.54) is 0 Å². The number of anilines is 2. The summed E-state index contributed by atoms with van der Waals surface area (Å²) in [4.78, 5) is 12.1. The van der Waals surface area contributed by atoms with Crippen molar-refractivity contribution in [3.05, 3.63) is 42.0 Å². The second-order valence-corrected chi connectivity index (χ2v) is 5.19. The van der Waals surface area contributed by atoms with Crippen molar-refractivity contribution in [2.45, 2.75) is 6.92 Å². The number of carbonyl (C=O) groups is 1. The number of amides is 1. The predicted molar refractivity (Wildman–Crippen MR) is 94.4 cm³/mol. The largest absolute Gasteiger partial charge is 0.493 e. The summed E-state index contributed by atoms with van der Waals surface area (Å²) in [7, 11) is 4.64. The third-order valence-electron chi connectivity index (χ3n) is 3.42. The van der Waals surface area contributed by atoms with Gasteiger partial charge in [0.15, 0.2) is 11.5 Å². The lowest BCUT2D eigenvalue weighted by Gasteiger charge is -2.15. The minimum Gasteiger partial charge on any atom is -0.493 e. The molecule has 0 radical (unpaired) electrons. The van der Waals surface area contributed by atoms with Gasteiger partial charge in [-0.3, -0.25) is 4.79 Å². The summed E-state index contributed by atoms with van der Waals surface area (Å²) in [5.41, 5.74) is 2.56. The second-order valence-electron chi connectivity index (χ2n) is 5.19. The number of carbonyl (C=O) groups excluding carboxylic acids is 1. The van der Waals surface area contributed by atoms with Crippen LogP contribution in [0.3, 0.4) is 0 Å². The van der Waals surface area contributed by atoms with Crippen LogP contribution in [0.25, 0.3) is 0 Å². The third kappa shape index (κ3) is 4.32. The van der Waals surface area contributed by atoms with Crippen LogP contribution in [0, 0.1) is 6.92 Å². The lowest BCUT2D eigenvalue weighted by molar-refractivity contribution is -0.114. The fourth-order valence-electron chi connectivity index (χ4n) is 2.29. The molecule has 0 spiro atoms. The van der Waals surface area contributed by atoms with Gasteiger partial charge < -0.3 is 24.8 Å². The standard InChI is InChI=1S/C18H22N2O4/c1-12-6-5-7-13(8-12)20-17(21)11-19-14-9-15(22-2)18(24-4)16(10-14)23-3/h5-10,19H,11H2,1-4H3,(H,20,21). The number of ether oxygens (including phenoxy) is 3. The molecule has 0 heterocycles. The third-order valence-corrected chi connectivity index (χ3v) is 3.42. The van der Waals surface area contributed by atoms with Crippen molar-refractivity contribution in [3.63, 3.8) is 0 Å². The van der Waals surface area contributed by atoms with Crippen LogP contribution in [0.2, 0.25) is 0 Å². The van der Waals surface area contributed by atoms with E-state index in [-0.39, 0.29) is 12.5 Å². The molecule has 0 atom stereocenters. The summed E-state index contributed by atoms with van der Waals surface area (Å²) < 4.78 is 15.9. The summed E-state index contributed by atoms with van der Waals surface area (Å²) >= 11 is 0. The number of hydrogen-bond donors (Lipinski definition) is 2. The summed E-state index contributed by atoms with van der Waals surface area (Å²) in [5, 5.41) is 5.90. The molecule has 2 aromatic rings. The molecule has 128 valence electrons. The van der Waals surface area contributed by atoms with Gasteiger partial charge in [-0.25, -0.2) is 0 Å². The van der Waals surface area contributed by atoms with Gasteiger partial charge in [0.25, 0.3) is 0 Å². The van der Waals surface area contributed by atoms with E-state index in [1.54, 1.807) is 33.5 Å². The van der Waals surface area contributed by atoms with E-state index in [9.17, 15) is 4.79 Å². The molecule has 6 nitrogen and oxygen atoms in total. The zero-order chi connectivity index (χ0) is 17.5. The van der Waals surface area contributed by atoms with Crippen LogP contribution in [0.1, 0.15) is 5.56 Å². The normalized spacial score (nSPS) is 10.0. The Morgan fingerprint density at radius 1 is 0.958 bits per heavy atom. The molecule has 24 heavy (non-hydrogen) atoms. The molecule has 0 saturated carbocycles. The van der Waals surface area contributed by atoms with Gasteiger partial charge in [-0.15, -0.1) is 0 Å². The minimum absolute atomic E-state index is 0.118. The zero-order valence-corrected chi connectivity index (χ0v) is 14.3. The Morgan fingerprint density at radius 2 is 1.62 bits per heavy atom. The van der Waals surface area contributed by atoms with E-state index in [0.717, 1.165) is 11.3 Å². The molecule has 0 fully saturated rings. The number of nitrogens with one attached hydrogen (secondary N) is 2. The summed E-state index contributed by atoms with van der Waals surface area (Å²) in [6, 6.07) is 11.1. The van der Waals surface area contributed by atoms with Crippen LogP contribution in [0.5, 0.6) is 17.2 Å². The maximum Gasteiger partial charge on any atom is 0.243 e. The average Bonchev–Trinajstić information content (AvgIpc) is 2.58. The number of benzene rings is 2. The highest BCUT2D eigenvalue weighted by molar-refractivity contribution is 5.93. The van der Waals surface area contributed by atoms with Crippen molar-refractivity contribution < 1.29 is 19.0 Å². The molecular formula is C18H22N2O4. The molecule has 6 heteroatoms. The Labute approximate surface area is 141 Å². The van der Waals surface area contributed by atoms with Gasteiger partial charge in [0.2, 0.25) is 11.7 Å². The molecular weight excluding hydrogens is 308 g/mol. The first-order valence-corrected chi connectivity index (χ1v) is 7.47. The first-order valence-electron chi connectivity index (χ1n) is 7.47. The maximum atomic E-state index is 12.1. The quantitative estimate of drug-likeness (QED) is 0.816. The fourth-order valence-corrected chi connectivity index (χ4v) is 2.29. The van der Waals surface area contributed by atoms with Crippen molar-refractivity contribution in [1.29, 1.82) is 0 Å². The highest BCUT2D eigenvalue weighted by Crippen LogP contribution is 2.39. The van der Waals surface area contributed by atoms with Crippen LogP contribution in [-0.2, 0) is 4.79 Å². The van der Waals surface area contributed by atoms with Gasteiger partial charge in [-0.1, -0.05) is 12.1 Å². The molecule has 0 aliphatic heterocycles. The Morgan fingerprint density at radius 3 is 2.17 bits per heavy atom. The van der Waals surface area contributed by atoms with Crippen LogP contribution in [0.4, 0.5) is 11.4 Å². The number of aryl methyl sites for hydroxylation is 1. The molecule has 0 unspecified atom stereocenters. The van der Waals surface area contributed by atoms with Gasteiger partial charge in [0.05, 0.1) is 27.9 Å². The lowest BCUT2D eigenvalue weighted by atomic mass is 10.2. The maximum absolute atomic E-state index is 12.1. The van der Waals surface area contributed by atoms with Gasteiger partial charge in [-0.05, 0) is 24.6 Å². The number of rotatable bonds is 7. The predicted octanol–water partition coefficient (Wildman–Crippen LogP) is 3.07. The second kappa shape index (κ2) is 8.10. The van der Waals surface area contributed by atoms with E-state index >= 15 is 0 Å². The van der Waals surface area contributed by atoms with Gasteiger partial charge >= 0.3 is 0 Å². The molecule has 2 N–H and O–H groups in total. The molecule has 1 amide bonds. The van der Waals surface area contributed by atoms with Gasteiger partial charge in [0, 0.05) is 23.5 Å². The van der Waals surface area contributed by atoms with Crippen LogP contribution < -0.4 is 24.8 Å². The van der Waals surface area contributed by atoms with Crippen LogP contribution in [0.15, 0.2) is 36.4 Å². The Bertz CT molecular complexity index is 691. The molecule has 0 aliphatic carbocycles. The molecule has 0 bridgehead atoms. The fraction of sp³-hybridized carbons (Fsp3) is 0.278. The smallest absolute Gasteiger partial charge is 0.243 e. The Balaban J connectivity index is 2.04. The van der Waals surface area contributed by atoms with E-state index < -0.39 is 0 Å². The van der Waals surface area contributed by atoms with E-state index in [1.807, 2.05) is 31.2 Å². The lowest BCUT2D eigenvalue weighted by Crippen LogP contribution is -2.21. The van der Waals surface area contributed by atoms with Crippen molar-refractivity contribution >= 4 is 17.3 Å². The van der Waals surface area contributed by atoms with Crippen molar-refractivity contribution in [2.24, 2.45) is 0 Å². The van der Waals surface area contributed by atoms with Crippen molar-refractivity contribution in [3.8, 4) is 17.2 Å². The molecule has 2 aromatic carbocycles. The summed E-state index contributed by atoms with van der Waals surface area (Å²) in [6.45, 7) is 2.09. The number of methoxy groups -OCH3 is 3. The minimum atomic E-state index is -0.144. The first kappa shape index (κ1) is 17.5. The van der Waals surface area contributed by atoms with Crippen LogP contribution >= 0.6 is 0 Å². The van der Waals surface area contributed by atoms with E-state index in [0.29, 0.717) is 22.9 Å². The van der Waals surface area contributed by atoms with E-state index in [4.69, 9.17) is 14.2 Å². The van der Waals surface area contributed by atoms with Crippen LogP contribution in [-0.4, -0.2) is 33.8 Å². The number of hydrogen-bond acceptors (Lipinski definition) is 5. The topological polar surface area (TPSA) is 68.8 Å². The highest BCUT2D eigenvalue weighted by Gasteiger charge is 2.13. The first-order chi connectivity index (χ1) is 11.6. The molecule has 2 rings (SSSR count). The summed E-state index contributed by atoms with van der Waals surface area (Å²) in [6.07, 6.45) is 0. The molecule has 0 aliphatic rings. The van der Waals surface area contributed by atoms with Gasteiger partial charge in [-0.2, -0.15) is 0 Å². The Kier molecular flexibility index (Phi) is 5.89. The van der Waals surface area contributed by atoms with E-state index in [2.05, 4.69) is 10.6 Å². The highest BCUT2D eigenvalue weighted by atomic mass is 16.5. The Hall–Kier alpha value is -2.89. The molecule has 0 saturated heterocycles. The SMILES string of the molecule is COc1cc(NCC(=O)Nc2cccc(C)c2)cc(OC)c1OC. The summed E-state index contributed by atoms with van der Waals surface area (Å²) in [5.74, 6) is 1.42.